The van der Waals surface area contributed by atoms with E-state index in [2.05, 4.69) is 37.3 Å². The minimum atomic E-state index is 0.307. The first-order valence-corrected chi connectivity index (χ1v) is 7.77. The maximum atomic E-state index is 11.9. The number of Topliss-reactive ketones (excluding diaryl/α,β-unsaturated/α-hetero) is 1. The second-order valence-corrected chi connectivity index (χ2v) is 6.05. The zero-order valence-corrected chi connectivity index (χ0v) is 12.3. The number of carbonyl (C=O) groups is 1. The maximum absolute atomic E-state index is 11.9. The molecule has 0 heterocycles. The number of unbranched alkanes of at least 4 members (excludes halogenated alkanes) is 2. The van der Waals surface area contributed by atoms with Gasteiger partial charge in [0.25, 0.3) is 0 Å². The first-order chi connectivity index (χ1) is 9.22. The zero-order chi connectivity index (χ0) is 13.7. The molecule has 0 saturated heterocycles. The van der Waals surface area contributed by atoms with E-state index in [1.54, 1.807) is 6.92 Å². The molecule has 3 unspecified atom stereocenters. The van der Waals surface area contributed by atoms with Crippen LogP contribution in [0.15, 0.2) is 30.3 Å². The van der Waals surface area contributed by atoms with Crippen LogP contribution >= 0.6 is 0 Å². The Morgan fingerprint density at radius 2 is 1.89 bits per heavy atom. The largest absolute Gasteiger partial charge is 0.300 e. The summed E-state index contributed by atoms with van der Waals surface area (Å²) in [7, 11) is 0. The van der Waals surface area contributed by atoms with Crippen LogP contribution in [0.25, 0.3) is 0 Å². The van der Waals surface area contributed by atoms with Gasteiger partial charge >= 0.3 is 0 Å². The molecule has 1 aromatic rings. The highest BCUT2D eigenvalue weighted by Crippen LogP contribution is 2.44. The Balaban J connectivity index is 2.01. The molecule has 104 valence electrons. The van der Waals surface area contributed by atoms with E-state index in [-0.39, 0.29) is 0 Å². The standard InChI is InChI=1S/C18H26O/c1-3-4-6-11-16-12-17(13-18(16)14(2)19)15-9-7-5-8-10-15/h5,7-10,16-18H,3-4,6,11-13H2,1-2H3. The molecule has 1 nitrogen and oxygen atoms in total. The Hall–Kier alpha value is -1.11. The normalized spacial score (nSPS) is 26.5. The molecule has 0 N–H and O–H groups in total. The SMILES string of the molecule is CCCCCC1CC(c2ccccc2)CC1C(C)=O. The third-order valence-corrected chi connectivity index (χ3v) is 4.67. The van der Waals surface area contributed by atoms with Crippen LogP contribution in [0.5, 0.6) is 0 Å². The summed E-state index contributed by atoms with van der Waals surface area (Å²) < 4.78 is 0. The summed E-state index contributed by atoms with van der Waals surface area (Å²) in [5.41, 5.74) is 1.42. The Labute approximate surface area is 117 Å². The Morgan fingerprint density at radius 1 is 1.16 bits per heavy atom. The van der Waals surface area contributed by atoms with Gasteiger partial charge in [0.05, 0.1) is 0 Å². The molecule has 2 rings (SSSR count). The topological polar surface area (TPSA) is 17.1 Å². The number of hydrogen-bond donors (Lipinski definition) is 0. The molecule has 3 atom stereocenters. The van der Waals surface area contributed by atoms with E-state index in [9.17, 15) is 4.79 Å². The first kappa shape index (κ1) is 14.3. The predicted octanol–water partition coefficient (Wildman–Crippen LogP) is 4.97. The number of benzene rings is 1. The van der Waals surface area contributed by atoms with Crippen molar-refractivity contribution in [2.75, 3.05) is 0 Å². The van der Waals surface area contributed by atoms with Crippen LogP contribution in [0.4, 0.5) is 0 Å². The van der Waals surface area contributed by atoms with Gasteiger partial charge in [0.2, 0.25) is 0 Å². The van der Waals surface area contributed by atoms with Gasteiger partial charge in [-0.15, -0.1) is 0 Å². The lowest BCUT2D eigenvalue weighted by atomic mass is 9.88. The van der Waals surface area contributed by atoms with Gasteiger partial charge in [-0.3, -0.25) is 4.79 Å². The molecule has 0 aromatic heterocycles. The fourth-order valence-electron chi connectivity index (χ4n) is 3.60. The molecule has 1 aromatic carbocycles. The molecular formula is C18H26O. The van der Waals surface area contributed by atoms with Gasteiger partial charge in [0.15, 0.2) is 0 Å². The van der Waals surface area contributed by atoms with E-state index in [0.717, 1.165) is 6.42 Å². The molecule has 19 heavy (non-hydrogen) atoms. The first-order valence-electron chi connectivity index (χ1n) is 7.77. The Morgan fingerprint density at radius 3 is 2.53 bits per heavy atom. The summed E-state index contributed by atoms with van der Waals surface area (Å²) >= 11 is 0. The third kappa shape index (κ3) is 3.68. The van der Waals surface area contributed by atoms with Crippen molar-refractivity contribution in [3.05, 3.63) is 35.9 Å². The van der Waals surface area contributed by atoms with Crippen LogP contribution in [0.2, 0.25) is 0 Å². The maximum Gasteiger partial charge on any atom is 0.133 e. The van der Waals surface area contributed by atoms with Crippen LogP contribution in [0.3, 0.4) is 0 Å². The van der Waals surface area contributed by atoms with Gasteiger partial charge in [-0.1, -0.05) is 56.5 Å². The van der Waals surface area contributed by atoms with E-state index in [4.69, 9.17) is 0 Å². The summed E-state index contributed by atoms with van der Waals surface area (Å²) in [5.74, 6) is 1.93. The number of carbonyl (C=O) groups excluding carboxylic acids is 1. The van der Waals surface area contributed by atoms with E-state index < -0.39 is 0 Å². The molecule has 1 aliphatic carbocycles. The minimum Gasteiger partial charge on any atom is -0.300 e. The fourth-order valence-corrected chi connectivity index (χ4v) is 3.60. The molecule has 1 saturated carbocycles. The molecule has 1 heteroatoms. The Bertz CT molecular complexity index is 395. The third-order valence-electron chi connectivity index (χ3n) is 4.67. The van der Waals surface area contributed by atoms with Gasteiger partial charge in [0.1, 0.15) is 5.78 Å². The van der Waals surface area contributed by atoms with Crippen molar-refractivity contribution >= 4 is 5.78 Å². The fraction of sp³-hybridized carbons (Fsp3) is 0.611. The zero-order valence-electron chi connectivity index (χ0n) is 12.3. The van der Waals surface area contributed by atoms with Crippen molar-refractivity contribution < 1.29 is 4.79 Å². The van der Waals surface area contributed by atoms with Crippen LogP contribution < -0.4 is 0 Å². The molecule has 0 radical (unpaired) electrons. The van der Waals surface area contributed by atoms with E-state index in [1.807, 2.05) is 0 Å². The van der Waals surface area contributed by atoms with E-state index >= 15 is 0 Å². The van der Waals surface area contributed by atoms with Crippen LogP contribution in [0, 0.1) is 11.8 Å². The lowest BCUT2D eigenvalue weighted by Crippen LogP contribution is -2.15. The number of ketones is 1. The van der Waals surface area contributed by atoms with Gasteiger partial charge in [-0.2, -0.15) is 0 Å². The monoisotopic (exact) mass is 258 g/mol. The van der Waals surface area contributed by atoms with E-state index in [1.165, 1.54) is 37.7 Å². The highest BCUT2D eigenvalue weighted by atomic mass is 16.1. The second kappa shape index (κ2) is 6.88. The van der Waals surface area contributed by atoms with Gasteiger partial charge in [-0.05, 0) is 43.6 Å². The van der Waals surface area contributed by atoms with Crippen molar-refractivity contribution in [2.24, 2.45) is 11.8 Å². The van der Waals surface area contributed by atoms with E-state index in [0.29, 0.717) is 23.5 Å². The van der Waals surface area contributed by atoms with Gasteiger partial charge in [-0.25, -0.2) is 0 Å². The Kier molecular flexibility index (Phi) is 5.18. The summed E-state index contributed by atoms with van der Waals surface area (Å²) in [6.45, 7) is 4.02. The molecule has 0 spiro atoms. The van der Waals surface area contributed by atoms with Crippen LogP contribution in [-0.2, 0) is 4.79 Å². The molecular weight excluding hydrogens is 232 g/mol. The van der Waals surface area contributed by atoms with Crippen molar-refractivity contribution in [2.45, 2.75) is 58.3 Å². The van der Waals surface area contributed by atoms with Crippen molar-refractivity contribution in [3.63, 3.8) is 0 Å². The van der Waals surface area contributed by atoms with Crippen molar-refractivity contribution in [3.8, 4) is 0 Å². The second-order valence-electron chi connectivity index (χ2n) is 6.05. The minimum absolute atomic E-state index is 0.307. The number of rotatable bonds is 6. The summed E-state index contributed by atoms with van der Waals surface area (Å²) in [6, 6.07) is 10.7. The predicted molar refractivity (Wildman–Crippen MR) is 80.2 cm³/mol. The highest BCUT2D eigenvalue weighted by molar-refractivity contribution is 5.79. The van der Waals surface area contributed by atoms with Gasteiger partial charge in [0, 0.05) is 5.92 Å². The quantitative estimate of drug-likeness (QED) is 0.659. The van der Waals surface area contributed by atoms with Gasteiger partial charge < -0.3 is 0 Å². The average molecular weight is 258 g/mol. The highest BCUT2D eigenvalue weighted by Gasteiger charge is 2.36. The average Bonchev–Trinajstić information content (AvgIpc) is 2.84. The molecule has 0 bridgehead atoms. The van der Waals surface area contributed by atoms with Crippen molar-refractivity contribution in [1.82, 2.24) is 0 Å². The molecule has 1 aliphatic rings. The van der Waals surface area contributed by atoms with Crippen LogP contribution in [0.1, 0.15) is 63.9 Å². The summed E-state index contributed by atoms with van der Waals surface area (Å²) in [4.78, 5) is 11.9. The molecule has 0 aliphatic heterocycles. The van der Waals surface area contributed by atoms with Crippen LogP contribution in [-0.4, -0.2) is 5.78 Å². The smallest absolute Gasteiger partial charge is 0.133 e. The molecule has 1 fully saturated rings. The van der Waals surface area contributed by atoms with Crippen molar-refractivity contribution in [1.29, 1.82) is 0 Å². The summed E-state index contributed by atoms with van der Waals surface area (Å²) in [5, 5.41) is 0. The lowest BCUT2D eigenvalue weighted by molar-refractivity contribution is -0.121. The summed E-state index contributed by atoms with van der Waals surface area (Å²) in [6.07, 6.45) is 7.36. The molecule has 0 amide bonds. The number of hydrogen-bond acceptors (Lipinski definition) is 1. The lowest BCUT2D eigenvalue weighted by Gasteiger charge is -2.16.